The minimum absolute atomic E-state index is 0.0249. The van der Waals surface area contributed by atoms with Crippen LogP contribution in [0, 0.1) is 0 Å². The highest BCUT2D eigenvalue weighted by molar-refractivity contribution is 5.81. The number of nitrogens with zero attached hydrogens (tertiary/aromatic N) is 3. The molecular weight excluding hydrogens is 392 g/mol. The van der Waals surface area contributed by atoms with E-state index in [1.807, 2.05) is 30.3 Å². The van der Waals surface area contributed by atoms with Crippen molar-refractivity contribution < 1.29 is 15.0 Å². The maximum absolute atomic E-state index is 12.9. The number of para-hydroxylation sites is 2. The van der Waals surface area contributed by atoms with Gasteiger partial charge in [-0.2, -0.15) is 0 Å². The van der Waals surface area contributed by atoms with Crippen molar-refractivity contribution in [2.45, 2.75) is 19.5 Å². The van der Waals surface area contributed by atoms with Crippen LogP contribution in [0.25, 0.3) is 22.8 Å². The molecule has 0 aliphatic carbocycles. The Kier molecular flexibility index (Phi) is 5.66. The number of benzene rings is 3. The van der Waals surface area contributed by atoms with Gasteiger partial charge >= 0.3 is 0 Å². The predicted octanol–water partition coefficient (Wildman–Crippen LogP) is 3.90. The molecule has 1 amide bonds. The molecule has 1 heterocycles. The Hall–Kier alpha value is -4.13. The molecule has 1 atom stereocenters. The van der Waals surface area contributed by atoms with Crippen molar-refractivity contribution in [2.75, 3.05) is 0 Å². The van der Waals surface area contributed by atoms with Gasteiger partial charge in [-0.25, -0.2) is 9.67 Å². The lowest BCUT2D eigenvalue weighted by molar-refractivity contribution is -0.124. The Balaban J connectivity index is 1.70. The summed E-state index contributed by atoms with van der Waals surface area (Å²) in [6.07, 6.45) is 0. The summed E-state index contributed by atoms with van der Waals surface area (Å²) in [4.78, 5) is 17.4. The Morgan fingerprint density at radius 3 is 2.13 bits per heavy atom. The molecule has 3 aromatic carbocycles. The van der Waals surface area contributed by atoms with Crippen LogP contribution in [0.15, 0.2) is 78.9 Å². The van der Waals surface area contributed by atoms with Gasteiger partial charge in [-0.15, -0.1) is 5.10 Å². The monoisotopic (exact) mass is 414 g/mol. The van der Waals surface area contributed by atoms with E-state index in [0.29, 0.717) is 23.5 Å². The first-order valence-electron chi connectivity index (χ1n) is 9.89. The minimum atomic E-state index is -0.703. The quantitative estimate of drug-likeness (QED) is 0.444. The summed E-state index contributed by atoms with van der Waals surface area (Å²) >= 11 is 0. The van der Waals surface area contributed by atoms with Crippen molar-refractivity contribution in [3.63, 3.8) is 0 Å². The van der Waals surface area contributed by atoms with Gasteiger partial charge in [0.05, 0.1) is 11.1 Å². The number of hydrogen-bond donors (Lipinski definition) is 3. The molecule has 7 heteroatoms. The van der Waals surface area contributed by atoms with E-state index in [2.05, 4.69) is 15.4 Å². The molecule has 1 unspecified atom stereocenters. The van der Waals surface area contributed by atoms with Crippen molar-refractivity contribution in [3.05, 3.63) is 84.4 Å². The smallest absolute Gasteiger partial charge is 0.244 e. The summed E-state index contributed by atoms with van der Waals surface area (Å²) in [5.41, 5.74) is 1.87. The van der Waals surface area contributed by atoms with E-state index >= 15 is 0 Å². The van der Waals surface area contributed by atoms with Gasteiger partial charge < -0.3 is 15.5 Å². The average Bonchev–Trinajstić information content (AvgIpc) is 3.23. The molecule has 0 aliphatic heterocycles. The van der Waals surface area contributed by atoms with E-state index in [-0.39, 0.29) is 23.2 Å². The van der Waals surface area contributed by atoms with Crippen LogP contribution in [-0.4, -0.2) is 30.9 Å². The van der Waals surface area contributed by atoms with E-state index in [1.165, 1.54) is 4.68 Å². The van der Waals surface area contributed by atoms with Crippen molar-refractivity contribution in [1.82, 2.24) is 20.1 Å². The Bertz CT molecular complexity index is 1200. The number of phenolic OH excluding ortho intramolecular Hbond substituents is 2. The number of amides is 1. The standard InChI is InChI=1S/C24H22N4O3/c1-16(24(31)25-15-17-9-3-2-4-10-17)28-23(19-12-6-8-14-21(19)30)26-22(27-28)18-11-5-7-13-20(18)29/h2-14,16,29-30H,15H2,1H3,(H,25,31). The van der Waals surface area contributed by atoms with Gasteiger partial charge in [0.1, 0.15) is 17.5 Å². The van der Waals surface area contributed by atoms with Gasteiger partial charge in [-0.05, 0) is 36.8 Å². The maximum atomic E-state index is 12.9. The molecule has 156 valence electrons. The van der Waals surface area contributed by atoms with Crippen LogP contribution in [0.4, 0.5) is 0 Å². The first-order chi connectivity index (χ1) is 15.0. The van der Waals surface area contributed by atoms with Crippen LogP contribution in [0.3, 0.4) is 0 Å². The van der Waals surface area contributed by atoms with Gasteiger partial charge in [-0.1, -0.05) is 54.6 Å². The maximum Gasteiger partial charge on any atom is 0.244 e. The fourth-order valence-electron chi connectivity index (χ4n) is 3.26. The highest BCUT2D eigenvalue weighted by atomic mass is 16.3. The van der Waals surface area contributed by atoms with Crippen molar-refractivity contribution in [3.8, 4) is 34.3 Å². The van der Waals surface area contributed by atoms with Crippen LogP contribution in [-0.2, 0) is 11.3 Å². The normalized spacial score (nSPS) is 11.8. The number of aromatic nitrogens is 3. The van der Waals surface area contributed by atoms with Crippen LogP contribution in [0.1, 0.15) is 18.5 Å². The topological polar surface area (TPSA) is 100 Å². The fourth-order valence-corrected chi connectivity index (χ4v) is 3.26. The lowest BCUT2D eigenvalue weighted by Gasteiger charge is -2.15. The fraction of sp³-hybridized carbons (Fsp3) is 0.125. The van der Waals surface area contributed by atoms with Crippen LogP contribution in [0.5, 0.6) is 11.5 Å². The first-order valence-corrected chi connectivity index (χ1v) is 9.89. The second kappa shape index (κ2) is 8.71. The highest BCUT2D eigenvalue weighted by Crippen LogP contribution is 2.33. The van der Waals surface area contributed by atoms with Gasteiger partial charge in [0.15, 0.2) is 11.6 Å². The largest absolute Gasteiger partial charge is 0.507 e. The lowest BCUT2D eigenvalue weighted by atomic mass is 10.1. The molecule has 31 heavy (non-hydrogen) atoms. The van der Waals surface area contributed by atoms with Crippen LogP contribution < -0.4 is 5.32 Å². The highest BCUT2D eigenvalue weighted by Gasteiger charge is 2.24. The third kappa shape index (κ3) is 4.25. The number of phenols is 2. The molecule has 0 aliphatic rings. The second-order valence-corrected chi connectivity index (χ2v) is 7.12. The number of nitrogens with one attached hydrogen (secondary N) is 1. The van der Waals surface area contributed by atoms with E-state index in [4.69, 9.17) is 0 Å². The van der Waals surface area contributed by atoms with Gasteiger partial charge in [-0.3, -0.25) is 4.79 Å². The predicted molar refractivity (Wildman–Crippen MR) is 117 cm³/mol. The SMILES string of the molecule is CC(C(=O)NCc1ccccc1)n1nc(-c2ccccc2O)nc1-c1ccccc1O. The summed E-state index contributed by atoms with van der Waals surface area (Å²) < 4.78 is 1.47. The molecule has 4 aromatic rings. The van der Waals surface area contributed by atoms with Crippen molar-refractivity contribution in [2.24, 2.45) is 0 Å². The lowest BCUT2D eigenvalue weighted by Crippen LogP contribution is -2.31. The number of rotatable bonds is 6. The molecule has 0 radical (unpaired) electrons. The zero-order chi connectivity index (χ0) is 21.8. The molecule has 0 saturated heterocycles. The van der Waals surface area contributed by atoms with E-state index in [0.717, 1.165) is 5.56 Å². The van der Waals surface area contributed by atoms with Gasteiger partial charge in [0, 0.05) is 6.54 Å². The van der Waals surface area contributed by atoms with Crippen LogP contribution >= 0.6 is 0 Å². The van der Waals surface area contributed by atoms with Gasteiger partial charge in [0.2, 0.25) is 5.91 Å². The zero-order valence-electron chi connectivity index (χ0n) is 16.9. The summed E-state index contributed by atoms with van der Waals surface area (Å²) in [6, 6.07) is 22.4. The minimum Gasteiger partial charge on any atom is -0.507 e. The third-order valence-corrected chi connectivity index (χ3v) is 4.98. The zero-order valence-corrected chi connectivity index (χ0v) is 16.9. The Labute approximate surface area is 179 Å². The molecule has 3 N–H and O–H groups in total. The molecule has 0 saturated carbocycles. The molecule has 0 fully saturated rings. The van der Waals surface area contributed by atoms with E-state index in [9.17, 15) is 15.0 Å². The average molecular weight is 414 g/mol. The number of hydrogen-bond acceptors (Lipinski definition) is 5. The number of aromatic hydroxyl groups is 2. The Morgan fingerprint density at radius 2 is 1.48 bits per heavy atom. The van der Waals surface area contributed by atoms with Crippen LogP contribution in [0.2, 0.25) is 0 Å². The van der Waals surface area contributed by atoms with Gasteiger partial charge in [0.25, 0.3) is 0 Å². The first kappa shape index (κ1) is 20.2. The Morgan fingerprint density at radius 1 is 0.903 bits per heavy atom. The molecular formula is C24H22N4O3. The molecule has 1 aromatic heterocycles. The van der Waals surface area contributed by atoms with Crippen molar-refractivity contribution in [1.29, 1.82) is 0 Å². The van der Waals surface area contributed by atoms with Crippen molar-refractivity contribution >= 4 is 5.91 Å². The summed E-state index contributed by atoms with van der Waals surface area (Å²) in [6.45, 7) is 2.10. The molecule has 0 bridgehead atoms. The summed E-state index contributed by atoms with van der Waals surface area (Å²) in [7, 11) is 0. The molecule has 7 nitrogen and oxygen atoms in total. The molecule has 4 rings (SSSR count). The van der Waals surface area contributed by atoms with E-state index in [1.54, 1.807) is 55.5 Å². The summed E-state index contributed by atoms with van der Waals surface area (Å²) in [5, 5.41) is 28.0. The second-order valence-electron chi connectivity index (χ2n) is 7.12. The third-order valence-electron chi connectivity index (χ3n) is 4.98. The number of carbonyl (C=O) groups is 1. The molecule has 0 spiro atoms. The number of carbonyl (C=O) groups excluding carboxylic acids is 1. The summed E-state index contributed by atoms with van der Waals surface area (Å²) in [5.74, 6) is 0.411. The van der Waals surface area contributed by atoms with E-state index < -0.39 is 6.04 Å².